The van der Waals surface area contributed by atoms with Gasteiger partial charge in [-0.25, -0.2) is 8.42 Å². The van der Waals surface area contributed by atoms with Crippen LogP contribution in [-0.2, 0) is 10.0 Å². The number of hydrogen-bond acceptors (Lipinski definition) is 4. The van der Waals surface area contributed by atoms with E-state index in [0.29, 0.717) is 13.1 Å². The van der Waals surface area contributed by atoms with Gasteiger partial charge in [-0.15, -0.1) is 12.4 Å². The summed E-state index contributed by atoms with van der Waals surface area (Å²) in [6, 6.07) is 0. The molecule has 0 saturated carbocycles. The van der Waals surface area contributed by atoms with Crippen molar-refractivity contribution in [2.24, 2.45) is 5.92 Å². The summed E-state index contributed by atoms with van der Waals surface area (Å²) in [5, 5.41) is 3.37. The standard InChI is InChI=1S/C11H23N3O2S.ClH/c1-17(15,16)14-8-6-13(7-9-14)10-11-2-4-12-5-3-11;/h11-12H,2-10H2,1H3;1H. The van der Waals surface area contributed by atoms with Gasteiger partial charge in [-0.1, -0.05) is 0 Å². The van der Waals surface area contributed by atoms with E-state index in [1.54, 1.807) is 4.31 Å². The van der Waals surface area contributed by atoms with E-state index in [0.717, 1.165) is 38.6 Å². The van der Waals surface area contributed by atoms with Crippen LogP contribution in [-0.4, -0.2) is 69.7 Å². The average Bonchev–Trinajstić information content (AvgIpc) is 2.30. The lowest BCUT2D eigenvalue weighted by atomic mass is 9.97. The molecule has 5 nitrogen and oxygen atoms in total. The molecule has 2 heterocycles. The summed E-state index contributed by atoms with van der Waals surface area (Å²) >= 11 is 0. The molecule has 0 radical (unpaired) electrons. The van der Waals surface area contributed by atoms with E-state index in [2.05, 4.69) is 10.2 Å². The number of piperazine rings is 1. The largest absolute Gasteiger partial charge is 0.317 e. The van der Waals surface area contributed by atoms with Crippen LogP contribution in [0.1, 0.15) is 12.8 Å². The molecule has 0 aliphatic carbocycles. The number of halogens is 1. The third-order valence-corrected chi connectivity index (χ3v) is 5.08. The summed E-state index contributed by atoms with van der Waals surface area (Å²) in [5.41, 5.74) is 0. The Labute approximate surface area is 116 Å². The molecule has 2 fully saturated rings. The fourth-order valence-corrected chi connectivity index (χ4v) is 3.50. The highest BCUT2D eigenvalue weighted by Crippen LogP contribution is 2.15. The molecule has 0 spiro atoms. The summed E-state index contributed by atoms with van der Waals surface area (Å²) < 4.78 is 24.4. The number of nitrogens with zero attached hydrogens (tertiary/aromatic N) is 2. The van der Waals surface area contributed by atoms with Gasteiger partial charge in [0, 0.05) is 32.7 Å². The molecule has 2 rings (SSSR count). The number of hydrogen-bond donors (Lipinski definition) is 1. The molecule has 0 aromatic heterocycles. The average molecular weight is 298 g/mol. The first-order chi connectivity index (χ1) is 8.05. The summed E-state index contributed by atoms with van der Waals surface area (Å²) in [6.07, 6.45) is 3.81. The summed E-state index contributed by atoms with van der Waals surface area (Å²) in [6.45, 7) is 6.49. The summed E-state index contributed by atoms with van der Waals surface area (Å²) in [4.78, 5) is 2.41. The Morgan fingerprint density at radius 3 is 2.17 bits per heavy atom. The van der Waals surface area contributed by atoms with Crippen molar-refractivity contribution in [3.05, 3.63) is 0 Å². The second-order valence-corrected chi connectivity index (χ2v) is 7.14. The molecule has 0 unspecified atom stereocenters. The first kappa shape index (κ1) is 16.2. The van der Waals surface area contributed by atoms with Gasteiger partial charge in [0.05, 0.1) is 6.26 Å². The molecule has 2 saturated heterocycles. The van der Waals surface area contributed by atoms with Crippen molar-refractivity contribution >= 4 is 22.4 Å². The molecule has 18 heavy (non-hydrogen) atoms. The smallest absolute Gasteiger partial charge is 0.211 e. The zero-order chi connectivity index (χ0) is 12.3. The second kappa shape index (κ2) is 7.05. The number of piperidine rings is 1. The van der Waals surface area contributed by atoms with Gasteiger partial charge in [0.2, 0.25) is 10.0 Å². The van der Waals surface area contributed by atoms with Gasteiger partial charge in [0.25, 0.3) is 0 Å². The number of sulfonamides is 1. The molecule has 0 aromatic rings. The van der Waals surface area contributed by atoms with Crippen LogP contribution in [0.4, 0.5) is 0 Å². The van der Waals surface area contributed by atoms with Crippen molar-refractivity contribution in [1.29, 1.82) is 0 Å². The highest BCUT2D eigenvalue weighted by Gasteiger charge is 2.25. The van der Waals surface area contributed by atoms with Crippen LogP contribution in [0.3, 0.4) is 0 Å². The van der Waals surface area contributed by atoms with Gasteiger partial charge in [0.1, 0.15) is 0 Å². The van der Waals surface area contributed by atoms with E-state index in [1.807, 2.05) is 0 Å². The molecule has 0 atom stereocenters. The van der Waals surface area contributed by atoms with Crippen molar-refractivity contribution < 1.29 is 8.42 Å². The molecule has 7 heteroatoms. The van der Waals surface area contributed by atoms with Crippen LogP contribution in [0.15, 0.2) is 0 Å². The maximum absolute atomic E-state index is 11.4. The minimum absolute atomic E-state index is 0. The fourth-order valence-electron chi connectivity index (χ4n) is 2.67. The first-order valence-electron chi connectivity index (χ1n) is 6.44. The SMILES string of the molecule is CS(=O)(=O)N1CCN(CC2CCNCC2)CC1.Cl. The van der Waals surface area contributed by atoms with Gasteiger partial charge in [0.15, 0.2) is 0 Å². The van der Waals surface area contributed by atoms with E-state index in [4.69, 9.17) is 0 Å². The molecular weight excluding hydrogens is 274 g/mol. The lowest BCUT2D eigenvalue weighted by molar-refractivity contribution is 0.153. The van der Waals surface area contributed by atoms with E-state index in [1.165, 1.54) is 19.1 Å². The first-order valence-corrected chi connectivity index (χ1v) is 8.29. The van der Waals surface area contributed by atoms with E-state index < -0.39 is 10.0 Å². The highest BCUT2D eigenvalue weighted by atomic mass is 35.5. The molecule has 0 amide bonds. The van der Waals surface area contributed by atoms with Crippen LogP contribution < -0.4 is 5.32 Å². The predicted octanol–water partition coefficient (Wildman–Crippen LogP) is -0.0150. The van der Waals surface area contributed by atoms with Crippen molar-refractivity contribution in [2.45, 2.75) is 12.8 Å². The topological polar surface area (TPSA) is 52.7 Å². The van der Waals surface area contributed by atoms with Crippen LogP contribution in [0.25, 0.3) is 0 Å². The predicted molar refractivity (Wildman–Crippen MR) is 75.7 cm³/mol. The second-order valence-electron chi connectivity index (χ2n) is 5.16. The van der Waals surface area contributed by atoms with Crippen LogP contribution in [0.5, 0.6) is 0 Å². The molecule has 0 aromatic carbocycles. The maximum Gasteiger partial charge on any atom is 0.211 e. The Hall–Kier alpha value is 0.120. The molecule has 1 N–H and O–H groups in total. The van der Waals surface area contributed by atoms with Gasteiger partial charge >= 0.3 is 0 Å². The van der Waals surface area contributed by atoms with Gasteiger partial charge in [-0.2, -0.15) is 4.31 Å². The Morgan fingerprint density at radius 1 is 1.11 bits per heavy atom. The van der Waals surface area contributed by atoms with Gasteiger partial charge < -0.3 is 10.2 Å². The fraction of sp³-hybridized carbons (Fsp3) is 1.00. The normalized spacial score (nSPS) is 24.7. The number of rotatable bonds is 3. The minimum Gasteiger partial charge on any atom is -0.317 e. The van der Waals surface area contributed by atoms with Crippen molar-refractivity contribution in [2.75, 3.05) is 52.1 Å². The summed E-state index contributed by atoms with van der Waals surface area (Å²) in [5.74, 6) is 0.793. The van der Waals surface area contributed by atoms with Crippen LogP contribution >= 0.6 is 12.4 Å². The van der Waals surface area contributed by atoms with Crippen molar-refractivity contribution in [1.82, 2.24) is 14.5 Å². The zero-order valence-corrected chi connectivity index (χ0v) is 12.6. The lowest BCUT2D eigenvalue weighted by Crippen LogP contribution is -2.50. The Bertz CT molecular complexity index is 336. The highest BCUT2D eigenvalue weighted by molar-refractivity contribution is 7.88. The quantitative estimate of drug-likeness (QED) is 0.796. The minimum atomic E-state index is -2.99. The van der Waals surface area contributed by atoms with Crippen LogP contribution in [0, 0.1) is 5.92 Å². The van der Waals surface area contributed by atoms with E-state index in [9.17, 15) is 8.42 Å². The molecule has 0 bridgehead atoms. The lowest BCUT2D eigenvalue weighted by Gasteiger charge is -2.36. The molecule has 2 aliphatic heterocycles. The van der Waals surface area contributed by atoms with Gasteiger partial charge in [-0.3, -0.25) is 0 Å². The Morgan fingerprint density at radius 2 is 1.67 bits per heavy atom. The summed E-state index contributed by atoms with van der Waals surface area (Å²) in [7, 11) is -2.99. The Balaban J connectivity index is 0.00000162. The number of nitrogens with one attached hydrogen (secondary N) is 1. The maximum atomic E-state index is 11.4. The third kappa shape index (κ3) is 4.66. The monoisotopic (exact) mass is 297 g/mol. The van der Waals surface area contributed by atoms with Gasteiger partial charge in [-0.05, 0) is 31.8 Å². The molecule has 108 valence electrons. The molecular formula is C11H24ClN3O2S. The Kier molecular flexibility index (Phi) is 6.34. The van der Waals surface area contributed by atoms with Crippen molar-refractivity contribution in [3.63, 3.8) is 0 Å². The van der Waals surface area contributed by atoms with E-state index in [-0.39, 0.29) is 12.4 Å². The van der Waals surface area contributed by atoms with Crippen LogP contribution in [0.2, 0.25) is 0 Å². The zero-order valence-electron chi connectivity index (χ0n) is 11.0. The molecule has 2 aliphatic rings. The van der Waals surface area contributed by atoms with Crippen molar-refractivity contribution in [3.8, 4) is 0 Å². The van der Waals surface area contributed by atoms with E-state index >= 15 is 0 Å². The third-order valence-electron chi connectivity index (χ3n) is 3.78.